The number of fused-ring (bicyclic) bond motifs is 6. The zero-order valence-corrected chi connectivity index (χ0v) is 24.1. The summed E-state index contributed by atoms with van der Waals surface area (Å²) < 4.78 is 27.4. The minimum absolute atomic E-state index is 0.0901. The van der Waals surface area contributed by atoms with E-state index in [2.05, 4.69) is 32.0 Å². The number of nitrogens with zero attached hydrogens (tertiary/aromatic N) is 3. The highest BCUT2D eigenvalue weighted by atomic mass is 35.5. The summed E-state index contributed by atoms with van der Waals surface area (Å²) in [6, 6.07) is 8.76. The van der Waals surface area contributed by atoms with Crippen molar-refractivity contribution in [3.8, 4) is 0 Å². The predicted octanol–water partition coefficient (Wildman–Crippen LogP) is 6.85. The number of carbonyl (C=O) groups excluding carboxylic acids is 2. The van der Waals surface area contributed by atoms with Gasteiger partial charge in [0.25, 0.3) is 5.91 Å². The number of nitrogens with one attached hydrogen (secondary N) is 3. The molecule has 43 heavy (non-hydrogen) atoms. The van der Waals surface area contributed by atoms with Gasteiger partial charge in [0.05, 0.1) is 11.8 Å². The minimum Gasteiger partial charge on any atom is -0.339 e. The van der Waals surface area contributed by atoms with Gasteiger partial charge in [-0.15, -0.1) is 0 Å². The largest absolute Gasteiger partial charge is 0.339 e. The molecular weight excluding hydrogens is 574 g/mol. The molecule has 0 saturated carbocycles. The van der Waals surface area contributed by atoms with Crippen LogP contribution in [-0.2, 0) is 11.2 Å². The molecule has 3 aromatic rings. The predicted molar refractivity (Wildman–Crippen MR) is 162 cm³/mol. The first-order chi connectivity index (χ1) is 20.8. The molecule has 1 fully saturated rings. The van der Waals surface area contributed by atoms with Gasteiger partial charge in [-0.2, -0.15) is 4.98 Å². The third kappa shape index (κ3) is 6.85. The fourth-order valence-electron chi connectivity index (χ4n) is 5.81. The number of halogens is 3. The van der Waals surface area contributed by atoms with Crippen LogP contribution in [0.5, 0.6) is 0 Å². The van der Waals surface area contributed by atoms with Crippen LogP contribution in [-0.4, -0.2) is 39.8 Å². The van der Waals surface area contributed by atoms with E-state index in [9.17, 15) is 18.4 Å². The third-order valence-electron chi connectivity index (χ3n) is 8.14. The van der Waals surface area contributed by atoms with E-state index in [1.807, 2.05) is 30.4 Å². The Balaban J connectivity index is 1.12. The smallest absolute Gasteiger partial charge is 0.256 e. The molecule has 1 aliphatic carbocycles. The van der Waals surface area contributed by atoms with Gasteiger partial charge in [-0.3, -0.25) is 9.59 Å². The number of allylic oxidation sites excluding steroid dienone is 4. The molecule has 6 rings (SSSR count). The molecule has 3 heterocycles. The Bertz CT molecular complexity index is 1620. The van der Waals surface area contributed by atoms with Crippen molar-refractivity contribution >= 4 is 46.6 Å². The van der Waals surface area contributed by atoms with E-state index in [1.54, 1.807) is 11.1 Å². The van der Waals surface area contributed by atoms with Crippen molar-refractivity contribution in [3.05, 3.63) is 94.3 Å². The molecule has 6 bridgehead atoms. The van der Waals surface area contributed by atoms with Gasteiger partial charge >= 0.3 is 0 Å². The van der Waals surface area contributed by atoms with E-state index in [-0.39, 0.29) is 17.4 Å². The number of hydrogen-bond donors (Lipinski definition) is 3. The molecule has 2 aromatic carbocycles. The van der Waals surface area contributed by atoms with E-state index in [0.29, 0.717) is 55.1 Å². The molecule has 11 heteroatoms. The van der Waals surface area contributed by atoms with Gasteiger partial charge < -0.3 is 20.9 Å². The van der Waals surface area contributed by atoms with Crippen molar-refractivity contribution in [1.82, 2.24) is 14.9 Å². The van der Waals surface area contributed by atoms with Crippen molar-refractivity contribution in [2.24, 2.45) is 11.8 Å². The molecule has 3 aliphatic rings. The summed E-state index contributed by atoms with van der Waals surface area (Å²) in [5.41, 5.74) is 3.44. The Morgan fingerprint density at radius 2 is 1.91 bits per heavy atom. The van der Waals surface area contributed by atoms with Crippen LogP contribution >= 0.6 is 11.6 Å². The highest BCUT2D eigenvalue weighted by Crippen LogP contribution is 2.32. The van der Waals surface area contributed by atoms with Gasteiger partial charge in [-0.25, -0.2) is 13.8 Å². The molecule has 2 amide bonds. The molecule has 1 unspecified atom stereocenters. The lowest BCUT2D eigenvalue weighted by Crippen LogP contribution is -2.39. The fourth-order valence-corrected chi connectivity index (χ4v) is 5.95. The van der Waals surface area contributed by atoms with Crippen molar-refractivity contribution in [3.63, 3.8) is 0 Å². The number of aromatic nitrogens is 2. The summed E-state index contributed by atoms with van der Waals surface area (Å²) in [6.45, 7) is 0.819. The Kier molecular flexibility index (Phi) is 8.38. The lowest BCUT2D eigenvalue weighted by Gasteiger charge is -2.32. The van der Waals surface area contributed by atoms with Crippen LogP contribution < -0.4 is 16.0 Å². The van der Waals surface area contributed by atoms with E-state index < -0.39 is 17.5 Å². The average Bonchev–Trinajstić information content (AvgIpc) is 2.99. The quantitative estimate of drug-likeness (QED) is 0.301. The summed E-state index contributed by atoms with van der Waals surface area (Å²) in [6.07, 6.45) is 11.8. The molecule has 222 valence electrons. The lowest BCUT2D eigenvalue weighted by atomic mass is 9.91. The van der Waals surface area contributed by atoms with Crippen molar-refractivity contribution < 1.29 is 18.4 Å². The monoisotopic (exact) mass is 604 g/mol. The van der Waals surface area contributed by atoms with Crippen LogP contribution in [0.25, 0.3) is 0 Å². The molecule has 8 nitrogen and oxygen atoms in total. The summed E-state index contributed by atoms with van der Waals surface area (Å²) >= 11 is 6.38. The van der Waals surface area contributed by atoms with Gasteiger partial charge in [-0.1, -0.05) is 23.8 Å². The highest BCUT2D eigenvalue weighted by molar-refractivity contribution is 6.32. The second-order valence-electron chi connectivity index (χ2n) is 11.2. The van der Waals surface area contributed by atoms with Gasteiger partial charge in [0, 0.05) is 42.6 Å². The molecule has 2 aliphatic heterocycles. The first-order valence-electron chi connectivity index (χ1n) is 14.4. The lowest BCUT2D eigenvalue weighted by molar-refractivity contribution is -0.117. The average molecular weight is 605 g/mol. The first-order valence-corrected chi connectivity index (χ1v) is 14.8. The standard InChI is InChI=1S/C32H31ClF2N6O2/c33-26-18-36-32-38-23-3-1-2-19(14-23)4-5-21-16-24(37-30(26)40-32)7-9-28(21)39-29(42)15-20-10-12-41(13-11-20)31(43)25-8-6-22(34)17-27(25)35/h1-3,6-9,16-20H,4-5,10-15H2,(H,39,42)(H2,36,37,38,40). The number of benzene rings is 2. The molecule has 3 N–H and O–H groups in total. The molecule has 0 spiro atoms. The van der Waals surface area contributed by atoms with E-state index in [1.165, 1.54) is 6.07 Å². The Morgan fingerprint density at radius 3 is 2.72 bits per heavy atom. The van der Waals surface area contributed by atoms with E-state index in [4.69, 9.17) is 11.6 Å². The van der Waals surface area contributed by atoms with Gasteiger partial charge in [-0.05, 0) is 85.9 Å². The van der Waals surface area contributed by atoms with Crippen molar-refractivity contribution in [2.75, 3.05) is 29.0 Å². The topological polar surface area (TPSA) is 99.3 Å². The SMILES string of the molecule is O=C(CC1CCN(C(=O)c2ccc(F)cc2F)CC1)Nc1ccc2cc1CCC1C=CC=C(C1)Nc1ncc(Cl)c(n1)N2. The highest BCUT2D eigenvalue weighted by Gasteiger charge is 2.27. The van der Waals surface area contributed by atoms with E-state index in [0.717, 1.165) is 54.0 Å². The van der Waals surface area contributed by atoms with Crippen LogP contribution in [0.3, 0.4) is 0 Å². The first kappa shape index (κ1) is 28.8. The molecular formula is C32H31ClF2N6O2. The Morgan fingerprint density at radius 1 is 1.07 bits per heavy atom. The number of anilines is 4. The van der Waals surface area contributed by atoms with E-state index >= 15 is 0 Å². The maximum absolute atomic E-state index is 14.1. The third-order valence-corrected chi connectivity index (χ3v) is 8.42. The minimum atomic E-state index is -0.866. The summed E-state index contributed by atoms with van der Waals surface area (Å²) in [5.74, 6) is -0.784. The fraction of sp³-hybridized carbons (Fsp3) is 0.312. The molecule has 1 aromatic heterocycles. The van der Waals surface area contributed by atoms with Crippen molar-refractivity contribution in [1.29, 1.82) is 0 Å². The van der Waals surface area contributed by atoms with Crippen LogP contribution in [0.15, 0.2) is 66.5 Å². The van der Waals surface area contributed by atoms with Crippen LogP contribution in [0, 0.1) is 23.5 Å². The molecule has 0 radical (unpaired) electrons. The summed E-state index contributed by atoms with van der Waals surface area (Å²) in [4.78, 5) is 36.4. The maximum Gasteiger partial charge on any atom is 0.256 e. The van der Waals surface area contributed by atoms with Crippen LogP contribution in [0.1, 0.15) is 48.0 Å². The number of aryl methyl sites for hydroxylation is 1. The van der Waals surface area contributed by atoms with Crippen LogP contribution in [0.4, 0.5) is 31.9 Å². The number of hydrogen-bond acceptors (Lipinski definition) is 6. The number of amides is 2. The van der Waals surface area contributed by atoms with Gasteiger partial charge in [0.1, 0.15) is 16.7 Å². The van der Waals surface area contributed by atoms with Gasteiger partial charge in [0.2, 0.25) is 11.9 Å². The maximum atomic E-state index is 14.1. The van der Waals surface area contributed by atoms with Crippen LogP contribution in [0.2, 0.25) is 5.02 Å². The summed E-state index contributed by atoms with van der Waals surface area (Å²) in [7, 11) is 0. The second kappa shape index (κ2) is 12.5. The number of rotatable bonds is 4. The summed E-state index contributed by atoms with van der Waals surface area (Å²) in [5, 5.41) is 10.1. The Labute approximate surface area is 253 Å². The molecule has 1 saturated heterocycles. The zero-order valence-electron chi connectivity index (χ0n) is 23.4. The number of piperidine rings is 1. The zero-order chi connectivity index (χ0) is 29.9. The van der Waals surface area contributed by atoms with Crippen molar-refractivity contribution in [2.45, 2.75) is 38.5 Å². The number of carbonyl (C=O) groups is 2. The molecule has 1 atom stereocenters. The van der Waals surface area contributed by atoms with Gasteiger partial charge in [0.15, 0.2) is 5.82 Å². The normalized spacial score (nSPS) is 18.3. The second-order valence-corrected chi connectivity index (χ2v) is 11.6. The number of likely N-dealkylation sites (tertiary alicyclic amines) is 1. The Hall–Kier alpha value is -4.31.